The predicted molar refractivity (Wildman–Crippen MR) is 64.3 cm³/mol. The fourth-order valence-electron chi connectivity index (χ4n) is 1.39. The van der Waals surface area contributed by atoms with Gasteiger partial charge in [-0.05, 0) is 30.0 Å². The molecule has 1 aromatic rings. The highest BCUT2D eigenvalue weighted by Crippen LogP contribution is 2.16. The smallest absolute Gasteiger partial charge is 0.0501 e. The Morgan fingerprint density at radius 3 is 2.86 bits per heavy atom. The van der Waals surface area contributed by atoms with Gasteiger partial charge in [0.05, 0.1) is 6.61 Å². The summed E-state index contributed by atoms with van der Waals surface area (Å²) < 4.78 is 5.13. The van der Waals surface area contributed by atoms with Gasteiger partial charge in [-0.2, -0.15) is 0 Å². The van der Waals surface area contributed by atoms with Crippen molar-refractivity contribution in [3.63, 3.8) is 0 Å². The van der Waals surface area contributed by atoms with Crippen LogP contribution in [0.4, 0.5) is 0 Å². The third kappa shape index (κ3) is 3.99. The molecule has 1 unspecified atom stereocenters. The third-order valence-electron chi connectivity index (χ3n) is 2.03. The van der Waals surface area contributed by atoms with E-state index in [0.717, 1.165) is 23.4 Å². The van der Waals surface area contributed by atoms with Gasteiger partial charge in [0.2, 0.25) is 0 Å². The first-order valence-corrected chi connectivity index (χ1v) is 6.05. The van der Waals surface area contributed by atoms with Crippen molar-refractivity contribution in [2.24, 2.45) is 5.92 Å². The molecule has 0 saturated carbocycles. The van der Waals surface area contributed by atoms with Crippen LogP contribution in [-0.4, -0.2) is 19.0 Å². The van der Waals surface area contributed by atoms with E-state index < -0.39 is 0 Å². The second-order valence-electron chi connectivity index (χ2n) is 3.31. The molecule has 0 aliphatic heterocycles. The topological polar surface area (TPSA) is 9.23 Å². The Labute approximate surface area is 98.5 Å². The monoisotopic (exact) mass is 276 g/mol. The van der Waals surface area contributed by atoms with Crippen LogP contribution >= 0.6 is 27.5 Å². The summed E-state index contributed by atoms with van der Waals surface area (Å²) in [5.74, 6) is 0.512. The molecule has 0 amide bonds. The van der Waals surface area contributed by atoms with Crippen molar-refractivity contribution in [2.45, 2.75) is 6.42 Å². The Hall–Kier alpha value is -0.0500. The average molecular weight is 278 g/mol. The van der Waals surface area contributed by atoms with Crippen molar-refractivity contribution in [1.82, 2.24) is 0 Å². The van der Waals surface area contributed by atoms with Gasteiger partial charge in [0.15, 0.2) is 0 Å². The van der Waals surface area contributed by atoms with Gasteiger partial charge in [0.1, 0.15) is 0 Å². The first kappa shape index (κ1) is 12.0. The van der Waals surface area contributed by atoms with E-state index >= 15 is 0 Å². The molecule has 0 aliphatic carbocycles. The molecule has 78 valence electrons. The van der Waals surface area contributed by atoms with Crippen LogP contribution in [0, 0.1) is 5.92 Å². The predicted octanol–water partition coefficient (Wildman–Crippen LogP) is 3.54. The molecular weight excluding hydrogens is 263 g/mol. The van der Waals surface area contributed by atoms with E-state index in [9.17, 15) is 0 Å². The number of hydrogen-bond donors (Lipinski definition) is 0. The Morgan fingerprint density at radius 2 is 2.29 bits per heavy atom. The summed E-state index contributed by atoms with van der Waals surface area (Å²) in [6, 6.07) is 7.98. The molecule has 1 nitrogen and oxygen atoms in total. The van der Waals surface area contributed by atoms with E-state index in [1.165, 1.54) is 5.56 Å². The van der Waals surface area contributed by atoms with Gasteiger partial charge in [-0.1, -0.05) is 39.7 Å². The van der Waals surface area contributed by atoms with Crippen molar-refractivity contribution in [2.75, 3.05) is 19.0 Å². The molecule has 0 N–H and O–H groups in total. The molecule has 1 atom stereocenters. The Kier molecular flexibility index (Phi) is 5.53. The highest BCUT2D eigenvalue weighted by molar-refractivity contribution is 9.09. The fraction of sp³-hybridized carbons (Fsp3) is 0.455. The van der Waals surface area contributed by atoms with Crippen LogP contribution in [-0.2, 0) is 11.2 Å². The van der Waals surface area contributed by atoms with Crippen LogP contribution in [0.2, 0.25) is 5.02 Å². The minimum Gasteiger partial charge on any atom is -0.384 e. The number of hydrogen-bond acceptors (Lipinski definition) is 1. The molecule has 0 heterocycles. The minimum atomic E-state index is 0.512. The molecule has 3 heteroatoms. The number of methoxy groups -OCH3 is 1. The highest BCUT2D eigenvalue weighted by atomic mass is 79.9. The van der Waals surface area contributed by atoms with Gasteiger partial charge in [-0.3, -0.25) is 0 Å². The SMILES string of the molecule is COCC(CBr)Cc1cccc(Cl)c1. The summed E-state index contributed by atoms with van der Waals surface area (Å²) in [6.07, 6.45) is 1.000. The number of halogens is 2. The molecule has 0 aliphatic rings. The lowest BCUT2D eigenvalue weighted by atomic mass is 10.0. The second kappa shape index (κ2) is 6.44. The number of benzene rings is 1. The zero-order valence-corrected chi connectivity index (χ0v) is 10.5. The molecule has 1 rings (SSSR count). The lowest BCUT2D eigenvalue weighted by Crippen LogP contribution is -2.12. The maximum absolute atomic E-state index is 5.91. The largest absolute Gasteiger partial charge is 0.384 e. The molecule has 0 radical (unpaired) electrons. The van der Waals surface area contributed by atoms with Crippen LogP contribution in [0.25, 0.3) is 0 Å². The Balaban J connectivity index is 2.57. The van der Waals surface area contributed by atoms with Crippen LogP contribution in [0.3, 0.4) is 0 Å². The van der Waals surface area contributed by atoms with Crippen molar-refractivity contribution < 1.29 is 4.74 Å². The molecule has 0 fully saturated rings. The van der Waals surface area contributed by atoms with Gasteiger partial charge in [0.25, 0.3) is 0 Å². The lowest BCUT2D eigenvalue weighted by molar-refractivity contribution is 0.162. The number of alkyl halides is 1. The second-order valence-corrected chi connectivity index (χ2v) is 4.39. The normalized spacial score (nSPS) is 12.8. The highest BCUT2D eigenvalue weighted by Gasteiger charge is 2.07. The number of rotatable bonds is 5. The molecule has 1 aromatic carbocycles. The summed E-state index contributed by atoms with van der Waals surface area (Å²) in [5, 5.41) is 1.75. The first-order valence-electron chi connectivity index (χ1n) is 4.55. The maximum atomic E-state index is 5.91. The van der Waals surface area contributed by atoms with E-state index in [1.807, 2.05) is 18.2 Å². The summed E-state index contributed by atoms with van der Waals surface area (Å²) >= 11 is 9.39. The third-order valence-corrected chi connectivity index (χ3v) is 3.18. The van der Waals surface area contributed by atoms with E-state index in [2.05, 4.69) is 22.0 Å². The summed E-state index contributed by atoms with van der Waals surface area (Å²) in [6.45, 7) is 0.776. The molecule has 0 saturated heterocycles. The van der Waals surface area contributed by atoms with Crippen LogP contribution in [0.15, 0.2) is 24.3 Å². The summed E-state index contributed by atoms with van der Waals surface area (Å²) in [5.41, 5.74) is 1.26. The summed E-state index contributed by atoms with van der Waals surface area (Å²) in [4.78, 5) is 0. The average Bonchev–Trinajstić information content (AvgIpc) is 2.17. The van der Waals surface area contributed by atoms with Gasteiger partial charge in [0, 0.05) is 17.5 Å². The van der Waals surface area contributed by atoms with E-state index in [0.29, 0.717) is 5.92 Å². The maximum Gasteiger partial charge on any atom is 0.0501 e. The summed E-state index contributed by atoms with van der Waals surface area (Å²) in [7, 11) is 1.73. The van der Waals surface area contributed by atoms with Gasteiger partial charge in [-0.15, -0.1) is 0 Å². The molecule has 0 spiro atoms. The van der Waals surface area contributed by atoms with Crippen molar-refractivity contribution in [1.29, 1.82) is 0 Å². The van der Waals surface area contributed by atoms with Crippen LogP contribution in [0.5, 0.6) is 0 Å². The van der Waals surface area contributed by atoms with E-state index in [-0.39, 0.29) is 0 Å². The minimum absolute atomic E-state index is 0.512. The zero-order valence-electron chi connectivity index (χ0n) is 8.17. The van der Waals surface area contributed by atoms with Gasteiger partial charge < -0.3 is 4.74 Å². The Morgan fingerprint density at radius 1 is 1.50 bits per heavy atom. The van der Waals surface area contributed by atoms with Crippen LogP contribution < -0.4 is 0 Å². The van der Waals surface area contributed by atoms with Crippen molar-refractivity contribution in [3.8, 4) is 0 Å². The van der Waals surface area contributed by atoms with E-state index in [4.69, 9.17) is 16.3 Å². The molecule has 14 heavy (non-hydrogen) atoms. The van der Waals surface area contributed by atoms with E-state index in [1.54, 1.807) is 7.11 Å². The zero-order chi connectivity index (χ0) is 10.4. The standard InChI is InChI=1S/C11H14BrClO/c1-14-8-10(7-12)5-9-3-2-4-11(13)6-9/h2-4,6,10H,5,7-8H2,1H3. The molecule has 0 bridgehead atoms. The van der Waals surface area contributed by atoms with Crippen molar-refractivity contribution in [3.05, 3.63) is 34.9 Å². The van der Waals surface area contributed by atoms with Crippen LogP contribution in [0.1, 0.15) is 5.56 Å². The quantitative estimate of drug-likeness (QED) is 0.748. The van der Waals surface area contributed by atoms with Gasteiger partial charge in [-0.25, -0.2) is 0 Å². The Bertz CT molecular complexity index is 278. The molecule has 0 aromatic heterocycles. The fourth-order valence-corrected chi connectivity index (χ4v) is 2.02. The first-order chi connectivity index (χ1) is 6.76. The van der Waals surface area contributed by atoms with Crippen molar-refractivity contribution >= 4 is 27.5 Å². The number of ether oxygens (including phenoxy) is 1. The van der Waals surface area contributed by atoms with Gasteiger partial charge >= 0.3 is 0 Å². The lowest BCUT2D eigenvalue weighted by Gasteiger charge is -2.12. The molecular formula is C11H14BrClO.